The summed E-state index contributed by atoms with van der Waals surface area (Å²) in [6, 6.07) is 14.2. The van der Waals surface area contributed by atoms with Crippen molar-refractivity contribution in [2.24, 2.45) is 7.05 Å². The number of benzene rings is 2. The molecule has 1 unspecified atom stereocenters. The first-order valence-electron chi connectivity index (χ1n) is 10.4. The number of rotatable bonds is 5. The standard InChI is InChI=1S/C23H26N4O3S/c1-26-21-13-12-19(27(31(2,29)30)18-6-4-3-5-7-18)14-20(21)25-23(26)22(28)17-10-8-16(15-24)9-11-17/h8-14,18,22,28H,3-7H2,1-2H3. The number of hydrogen-bond donors (Lipinski definition) is 1. The molecule has 0 amide bonds. The summed E-state index contributed by atoms with van der Waals surface area (Å²) in [4.78, 5) is 4.63. The predicted molar refractivity (Wildman–Crippen MR) is 120 cm³/mol. The van der Waals surface area contributed by atoms with Gasteiger partial charge >= 0.3 is 0 Å². The molecule has 1 aromatic heterocycles. The first kappa shape index (κ1) is 21.3. The van der Waals surface area contributed by atoms with Gasteiger partial charge < -0.3 is 9.67 Å². The Kier molecular flexibility index (Phi) is 5.73. The summed E-state index contributed by atoms with van der Waals surface area (Å²) >= 11 is 0. The fraction of sp³-hybridized carbons (Fsp3) is 0.391. The quantitative estimate of drug-likeness (QED) is 0.656. The van der Waals surface area contributed by atoms with Crippen molar-refractivity contribution in [1.82, 2.24) is 9.55 Å². The summed E-state index contributed by atoms with van der Waals surface area (Å²) in [6.45, 7) is 0. The molecule has 3 aromatic rings. The van der Waals surface area contributed by atoms with Crippen LogP contribution in [0.3, 0.4) is 0 Å². The van der Waals surface area contributed by atoms with Crippen LogP contribution in [0.15, 0.2) is 42.5 Å². The highest BCUT2D eigenvalue weighted by atomic mass is 32.2. The first-order chi connectivity index (χ1) is 14.8. The zero-order chi connectivity index (χ0) is 22.2. The lowest BCUT2D eigenvalue weighted by atomic mass is 9.95. The van der Waals surface area contributed by atoms with E-state index >= 15 is 0 Å². The van der Waals surface area contributed by atoms with Crippen molar-refractivity contribution >= 4 is 26.7 Å². The summed E-state index contributed by atoms with van der Waals surface area (Å²) in [6.07, 6.45) is 5.21. The number of imidazole rings is 1. The summed E-state index contributed by atoms with van der Waals surface area (Å²) in [7, 11) is -1.61. The van der Waals surface area contributed by atoms with Crippen LogP contribution in [0.25, 0.3) is 11.0 Å². The maximum absolute atomic E-state index is 12.6. The molecular formula is C23H26N4O3S. The largest absolute Gasteiger partial charge is 0.380 e. The number of nitrogens with zero attached hydrogens (tertiary/aromatic N) is 4. The van der Waals surface area contributed by atoms with Gasteiger partial charge in [0.25, 0.3) is 0 Å². The topological polar surface area (TPSA) is 99.2 Å². The lowest BCUT2D eigenvalue weighted by molar-refractivity contribution is 0.207. The number of hydrogen-bond acceptors (Lipinski definition) is 5. The van der Waals surface area contributed by atoms with E-state index in [2.05, 4.69) is 11.1 Å². The van der Waals surface area contributed by atoms with Gasteiger partial charge in [-0.3, -0.25) is 4.31 Å². The lowest BCUT2D eigenvalue weighted by Crippen LogP contribution is -2.40. The Labute approximate surface area is 182 Å². The molecule has 0 bridgehead atoms. The van der Waals surface area contributed by atoms with Gasteiger partial charge in [0.05, 0.1) is 34.6 Å². The zero-order valence-electron chi connectivity index (χ0n) is 17.7. The highest BCUT2D eigenvalue weighted by Gasteiger charge is 2.29. The van der Waals surface area contributed by atoms with Crippen molar-refractivity contribution in [3.8, 4) is 6.07 Å². The second kappa shape index (κ2) is 8.33. The number of anilines is 1. The highest BCUT2D eigenvalue weighted by molar-refractivity contribution is 7.92. The molecule has 31 heavy (non-hydrogen) atoms. The molecule has 162 valence electrons. The Morgan fingerprint density at radius 3 is 2.45 bits per heavy atom. The third kappa shape index (κ3) is 4.16. The van der Waals surface area contributed by atoms with Gasteiger partial charge in [-0.2, -0.15) is 5.26 Å². The van der Waals surface area contributed by atoms with Gasteiger partial charge in [-0.1, -0.05) is 31.4 Å². The van der Waals surface area contributed by atoms with Crippen LogP contribution in [0.4, 0.5) is 5.69 Å². The van der Waals surface area contributed by atoms with E-state index in [0.717, 1.165) is 37.6 Å². The second-order valence-electron chi connectivity index (χ2n) is 8.19. The number of aliphatic hydroxyl groups excluding tert-OH is 1. The molecule has 4 rings (SSSR count). The van der Waals surface area contributed by atoms with Crippen molar-refractivity contribution in [3.63, 3.8) is 0 Å². The molecule has 1 heterocycles. The molecule has 0 aliphatic heterocycles. The first-order valence-corrected chi connectivity index (χ1v) is 12.3. The molecule has 1 fully saturated rings. The van der Waals surface area contributed by atoms with Gasteiger partial charge in [-0.05, 0) is 48.7 Å². The number of aromatic nitrogens is 2. The van der Waals surface area contributed by atoms with Gasteiger partial charge in [0.1, 0.15) is 11.9 Å². The third-order valence-electron chi connectivity index (χ3n) is 6.02. The van der Waals surface area contributed by atoms with E-state index in [4.69, 9.17) is 5.26 Å². The molecule has 0 radical (unpaired) electrons. The van der Waals surface area contributed by atoms with Gasteiger partial charge in [0.2, 0.25) is 10.0 Å². The molecule has 0 saturated heterocycles. The molecule has 1 atom stereocenters. The molecule has 1 aliphatic rings. The van der Waals surface area contributed by atoms with Crippen LogP contribution in [0, 0.1) is 11.3 Å². The van der Waals surface area contributed by atoms with Crippen molar-refractivity contribution < 1.29 is 13.5 Å². The zero-order valence-corrected chi connectivity index (χ0v) is 18.5. The maximum atomic E-state index is 12.6. The van der Waals surface area contributed by atoms with Gasteiger partial charge in [-0.15, -0.1) is 0 Å². The lowest BCUT2D eigenvalue weighted by Gasteiger charge is -2.34. The van der Waals surface area contributed by atoms with E-state index < -0.39 is 16.1 Å². The summed E-state index contributed by atoms with van der Waals surface area (Å²) in [5.41, 5.74) is 3.21. The van der Waals surface area contributed by atoms with Crippen LogP contribution in [0.1, 0.15) is 55.2 Å². The molecule has 1 saturated carbocycles. The van der Waals surface area contributed by atoms with Crippen LogP contribution < -0.4 is 4.31 Å². The molecule has 0 spiro atoms. The monoisotopic (exact) mass is 438 g/mol. The average Bonchev–Trinajstić information content (AvgIpc) is 3.09. The molecule has 2 aromatic carbocycles. The van der Waals surface area contributed by atoms with Gasteiger partial charge in [-0.25, -0.2) is 13.4 Å². The average molecular weight is 439 g/mol. The fourth-order valence-electron chi connectivity index (χ4n) is 4.47. The van der Waals surface area contributed by atoms with E-state index in [1.165, 1.54) is 10.6 Å². The number of sulfonamides is 1. The van der Waals surface area contributed by atoms with E-state index in [0.29, 0.717) is 28.2 Å². The third-order valence-corrected chi connectivity index (χ3v) is 7.24. The molecule has 8 heteroatoms. The number of fused-ring (bicyclic) bond motifs is 1. The SMILES string of the molecule is Cn1c(C(O)c2ccc(C#N)cc2)nc2cc(N(C3CCCCC3)S(C)(=O)=O)ccc21. The Morgan fingerprint density at radius 2 is 1.84 bits per heavy atom. The Balaban J connectivity index is 1.73. The minimum atomic E-state index is -3.43. The Bertz CT molecular complexity index is 1240. The minimum Gasteiger partial charge on any atom is -0.380 e. The second-order valence-corrected chi connectivity index (χ2v) is 10.0. The smallest absolute Gasteiger partial charge is 0.232 e. The van der Waals surface area contributed by atoms with E-state index in [1.54, 1.807) is 30.3 Å². The molecule has 1 aliphatic carbocycles. The van der Waals surface area contributed by atoms with Crippen LogP contribution in [-0.4, -0.2) is 35.4 Å². The van der Waals surface area contributed by atoms with E-state index in [1.807, 2.05) is 23.7 Å². The summed E-state index contributed by atoms with van der Waals surface area (Å²) in [5.74, 6) is 0.459. The number of nitriles is 1. The number of aliphatic hydroxyl groups is 1. The van der Waals surface area contributed by atoms with Gasteiger partial charge in [0.15, 0.2) is 0 Å². The normalized spacial score (nSPS) is 16.2. The Hall–Kier alpha value is -2.89. The number of aryl methyl sites for hydroxylation is 1. The van der Waals surface area contributed by atoms with Crippen molar-refractivity contribution in [2.75, 3.05) is 10.6 Å². The van der Waals surface area contributed by atoms with Crippen LogP contribution in [0.2, 0.25) is 0 Å². The fourth-order valence-corrected chi connectivity index (χ4v) is 5.72. The van der Waals surface area contributed by atoms with Crippen LogP contribution in [-0.2, 0) is 17.1 Å². The Morgan fingerprint density at radius 1 is 1.16 bits per heavy atom. The van der Waals surface area contributed by atoms with E-state index in [9.17, 15) is 13.5 Å². The molecular weight excluding hydrogens is 412 g/mol. The van der Waals surface area contributed by atoms with E-state index in [-0.39, 0.29) is 6.04 Å². The van der Waals surface area contributed by atoms with Gasteiger partial charge in [0, 0.05) is 13.1 Å². The van der Waals surface area contributed by atoms with Crippen molar-refractivity contribution in [2.45, 2.75) is 44.2 Å². The van der Waals surface area contributed by atoms with Crippen molar-refractivity contribution in [1.29, 1.82) is 5.26 Å². The summed E-state index contributed by atoms with van der Waals surface area (Å²) < 4.78 is 28.6. The highest BCUT2D eigenvalue weighted by Crippen LogP contribution is 2.32. The maximum Gasteiger partial charge on any atom is 0.232 e. The van der Waals surface area contributed by atoms with Crippen LogP contribution >= 0.6 is 0 Å². The van der Waals surface area contributed by atoms with Crippen LogP contribution in [0.5, 0.6) is 0 Å². The molecule has 7 nitrogen and oxygen atoms in total. The summed E-state index contributed by atoms with van der Waals surface area (Å²) in [5, 5.41) is 19.8. The molecule has 1 N–H and O–H groups in total. The predicted octanol–water partition coefficient (Wildman–Crippen LogP) is 3.63. The van der Waals surface area contributed by atoms with Crippen molar-refractivity contribution in [3.05, 3.63) is 59.4 Å². The minimum absolute atomic E-state index is 0.0337.